The maximum atomic E-state index is 12.8. The van der Waals surface area contributed by atoms with Crippen LogP contribution in [0.1, 0.15) is 30.7 Å². The number of nitrogens with one attached hydrogen (secondary N) is 2. The topological polar surface area (TPSA) is 108 Å². The lowest BCUT2D eigenvalue weighted by Gasteiger charge is -2.18. The molecule has 2 N–H and O–H groups in total. The lowest BCUT2D eigenvalue weighted by atomic mass is 10.0. The fourth-order valence-corrected chi connectivity index (χ4v) is 5.01. The molecule has 0 saturated carbocycles. The van der Waals surface area contributed by atoms with Crippen LogP contribution in [-0.2, 0) is 17.8 Å². The van der Waals surface area contributed by atoms with Crippen LogP contribution < -0.4 is 15.4 Å². The lowest BCUT2D eigenvalue weighted by Crippen LogP contribution is -2.13. The van der Waals surface area contributed by atoms with Gasteiger partial charge in [0, 0.05) is 65.8 Å². The minimum atomic E-state index is -0.267. The van der Waals surface area contributed by atoms with Gasteiger partial charge in [0.15, 0.2) is 0 Å². The van der Waals surface area contributed by atoms with Gasteiger partial charge in [0.25, 0.3) is 0 Å². The molecule has 5 rings (SSSR count). The van der Waals surface area contributed by atoms with Gasteiger partial charge in [-0.15, -0.1) is 0 Å². The van der Waals surface area contributed by atoms with Crippen molar-refractivity contribution >= 4 is 44.8 Å². The predicted octanol–water partition coefficient (Wildman–Crippen LogP) is 6.27. The van der Waals surface area contributed by atoms with E-state index in [2.05, 4.69) is 50.6 Å². The molecule has 0 saturated heterocycles. The number of hydrogen-bond donors (Lipinski definition) is 2. The predicted molar refractivity (Wildman–Crippen MR) is 172 cm³/mol. The summed E-state index contributed by atoms with van der Waals surface area (Å²) >= 11 is 0. The SMILES string of the molecule is CCOc1cc2nc(CC)c(C#N)c(Nc3ccc4c(ccn4Cc4ccncc4)c3)c2cc1NC(=O)/C=C/CN(C)C. The third-order valence-corrected chi connectivity index (χ3v) is 7.05. The van der Waals surface area contributed by atoms with Gasteiger partial charge in [-0.3, -0.25) is 14.8 Å². The quantitative estimate of drug-likeness (QED) is 0.179. The largest absolute Gasteiger partial charge is 0.492 e. The van der Waals surface area contributed by atoms with Gasteiger partial charge in [0.2, 0.25) is 5.91 Å². The molecule has 0 aliphatic carbocycles. The number of fused-ring (bicyclic) bond motifs is 2. The monoisotopic (exact) mass is 573 g/mol. The molecule has 3 heterocycles. The van der Waals surface area contributed by atoms with Crippen molar-refractivity contribution in [1.29, 1.82) is 5.26 Å². The highest BCUT2D eigenvalue weighted by Crippen LogP contribution is 2.38. The van der Waals surface area contributed by atoms with E-state index in [1.165, 1.54) is 11.6 Å². The molecular weight excluding hydrogens is 538 g/mol. The summed E-state index contributed by atoms with van der Waals surface area (Å²) in [5, 5.41) is 18.5. The van der Waals surface area contributed by atoms with Gasteiger partial charge in [0.1, 0.15) is 11.8 Å². The molecule has 0 unspecified atom stereocenters. The number of pyridine rings is 2. The Balaban J connectivity index is 1.55. The molecule has 2 aromatic carbocycles. The third kappa shape index (κ3) is 6.66. The maximum Gasteiger partial charge on any atom is 0.248 e. The number of ether oxygens (including phenoxy) is 1. The van der Waals surface area contributed by atoms with E-state index < -0.39 is 0 Å². The summed E-state index contributed by atoms with van der Waals surface area (Å²) < 4.78 is 8.09. The Labute approximate surface area is 251 Å². The Hall–Kier alpha value is -5.20. The first-order valence-corrected chi connectivity index (χ1v) is 14.3. The highest BCUT2D eigenvalue weighted by Gasteiger charge is 2.18. The molecule has 9 heteroatoms. The van der Waals surface area contributed by atoms with E-state index in [1.54, 1.807) is 18.5 Å². The van der Waals surface area contributed by atoms with E-state index in [0.29, 0.717) is 58.9 Å². The highest BCUT2D eigenvalue weighted by molar-refractivity contribution is 6.05. The Bertz CT molecular complexity index is 1840. The van der Waals surface area contributed by atoms with Crippen LogP contribution in [0.5, 0.6) is 5.75 Å². The lowest BCUT2D eigenvalue weighted by molar-refractivity contribution is -0.111. The Morgan fingerprint density at radius 3 is 2.65 bits per heavy atom. The van der Waals surface area contributed by atoms with E-state index in [4.69, 9.17) is 9.72 Å². The maximum absolute atomic E-state index is 12.8. The summed E-state index contributed by atoms with van der Waals surface area (Å²) in [4.78, 5) is 23.7. The summed E-state index contributed by atoms with van der Waals surface area (Å²) in [6.07, 6.45) is 9.57. The van der Waals surface area contributed by atoms with E-state index in [-0.39, 0.29) is 5.91 Å². The van der Waals surface area contributed by atoms with Crippen LogP contribution in [0.4, 0.5) is 17.1 Å². The second kappa shape index (κ2) is 13.2. The Morgan fingerprint density at radius 1 is 1.12 bits per heavy atom. The zero-order valence-electron chi connectivity index (χ0n) is 24.9. The molecule has 5 aromatic rings. The molecule has 1 amide bonds. The fourth-order valence-electron chi connectivity index (χ4n) is 5.01. The van der Waals surface area contributed by atoms with Crippen molar-refractivity contribution < 1.29 is 9.53 Å². The van der Waals surface area contributed by atoms with Crippen molar-refractivity contribution in [3.05, 3.63) is 96.1 Å². The summed E-state index contributed by atoms with van der Waals surface area (Å²) in [5.74, 6) is 0.253. The van der Waals surface area contributed by atoms with E-state index in [1.807, 2.05) is 63.2 Å². The third-order valence-electron chi connectivity index (χ3n) is 7.05. The minimum Gasteiger partial charge on any atom is -0.492 e. The van der Waals surface area contributed by atoms with E-state index >= 15 is 0 Å². The molecule has 0 fully saturated rings. The van der Waals surface area contributed by atoms with Crippen LogP contribution in [0.15, 0.2) is 79.3 Å². The van der Waals surface area contributed by atoms with Gasteiger partial charge in [-0.05, 0) is 75.5 Å². The van der Waals surface area contributed by atoms with Crippen molar-refractivity contribution in [2.75, 3.05) is 37.9 Å². The number of carbonyl (C=O) groups is 1. The van der Waals surface area contributed by atoms with E-state index in [9.17, 15) is 10.1 Å². The van der Waals surface area contributed by atoms with Crippen molar-refractivity contribution in [1.82, 2.24) is 19.4 Å². The molecule has 218 valence electrons. The normalized spacial score (nSPS) is 11.3. The van der Waals surface area contributed by atoms with Crippen LogP contribution in [0.2, 0.25) is 0 Å². The molecular formula is C34H35N7O2. The van der Waals surface area contributed by atoms with Gasteiger partial charge >= 0.3 is 0 Å². The van der Waals surface area contributed by atoms with E-state index in [0.717, 1.165) is 23.1 Å². The number of anilines is 3. The number of carbonyl (C=O) groups excluding carboxylic acids is 1. The van der Waals surface area contributed by atoms with Gasteiger partial charge < -0.3 is 24.8 Å². The number of aryl methyl sites for hydroxylation is 1. The molecule has 43 heavy (non-hydrogen) atoms. The summed E-state index contributed by atoms with van der Waals surface area (Å²) in [6.45, 7) is 5.68. The fraction of sp³-hybridized carbons (Fsp3) is 0.235. The first-order valence-electron chi connectivity index (χ1n) is 14.3. The van der Waals surface area contributed by atoms with Crippen LogP contribution in [0.3, 0.4) is 0 Å². The first-order chi connectivity index (χ1) is 20.9. The Morgan fingerprint density at radius 2 is 1.93 bits per heavy atom. The van der Waals surface area contributed by atoms with Gasteiger partial charge in [0.05, 0.1) is 34.8 Å². The average Bonchev–Trinajstić information content (AvgIpc) is 3.39. The number of rotatable bonds is 11. The van der Waals surface area contributed by atoms with Crippen LogP contribution in [0, 0.1) is 11.3 Å². The standard InChI is InChI=1S/C34H35N7O2/c1-5-28-27(21-35)34(37-25-9-10-31-24(18-25)13-17-41(31)22-23-11-14-36-15-12-23)26-19-30(32(43-6-2)20-29(26)38-28)39-33(42)8-7-16-40(3)4/h7-15,17-20H,5-6,16,22H2,1-4H3,(H,37,38)(H,39,42)/b8-7+. The second-order valence-corrected chi connectivity index (χ2v) is 10.4. The summed E-state index contributed by atoms with van der Waals surface area (Å²) in [7, 11) is 3.88. The average molecular weight is 574 g/mol. The number of benzene rings is 2. The number of likely N-dealkylation sites (N-methyl/N-ethyl adjacent to an activating group) is 1. The van der Waals surface area contributed by atoms with Gasteiger partial charge in [-0.25, -0.2) is 0 Å². The van der Waals surface area contributed by atoms with Crippen molar-refractivity contribution in [3.63, 3.8) is 0 Å². The highest BCUT2D eigenvalue weighted by atomic mass is 16.5. The molecule has 0 bridgehead atoms. The number of nitriles is 1. The number of aromatic nitrogens is 3. The number of hydrogen-bond acceptors (Lipinski definition) is 7. The van der Waals surface area contributed by atoms with Gasteiger partial charge in [-0.2, -0.15) is 5.26 Å². The second-order valence-electron chi connectivity index (χ2n) is 10.4. The van der Waals surface area contributed by atoms with Crippen molar-refractivity contribution in [2.24, 2.45) is 0 Å². The van der Waals surface area contributed by atoms with Crippen LogP contribution in [-0.4, -0.2) is 52.6 Å². The Kier molecular flexibility index (Phi) is 8.99. The zero-order valence-corrected chi connectivity index (χ0v) is 24.9. The number of amides is 1. The van der Waals surface area contributed by atoms with Crippen LogP contribution in [0.25, 0.3) is 21.8 Å². The molecule has 0 aliphatic rings. The van der Waals surface area contributed by atoms with Crippen molar-refractivity contribution in [2.45, 2.75) is 26.8 Å². The zero-order chi connectivity index (χ0) is 30.3. The molecule has 0 atom stereocenters. The van der Waals surface area contributed by atoms with Crippen LogP contribution >= 0.6 is 0 Å². The number of nitrogens with zero attached hydrogens (tertiary/aromatic N) is 5. The smallest absolute Gasteiger partial charge is 0.248 e. The van der Waals surface area contributed by atoms with Crippen molar-refractivity contribution in [3.8, 4) is 11.8 Å². The summed E-state index contributed by atoms with van der Waals surface area (Å²) in [5.41, 5.74) is 6.10. The molecule has 3 aromatic heterocycles. The summed E-state index contributed by atoms with van der Waals surface area (Å²) in [6, 6.07) is 18.3. The molecule has 0 aliphatic heterocycles. The first kappa shape index (κ1) is 29.3. The molecule has 0 radical (unpaired) electrons. The minimum absolute atomic E-state index is 0.267. The molecule has 0 spiro atoms. The van der Waals surface area contributed by atoms with Gasteiger partial charge in [-0.1, -0.05) is 13.0 Å². The molecule has 9 nitrogen and oxygen atoms in total.